The van der Waals surface area contributed by atoms with Gasteiger partial charge in [-0.1, -0.05) is 62.3 Å². The van der Waals surface area contributed by atoms with Gasteiger partial charge >= 0.3 is 5.97 Å². The Morgan fingerprint density at radius 3 is 2.36 bits per heavy atom. The molecule has 1 aromatic heterocycles. The molecule has 0 unspecified atom stereocenters. The highest BCUT2D eigenvalue weighted by atomic mass is 35.5. The van der Waals surface area contributed by atoms with Crippen molar-refractivity contribution in [2.24, 2.45) is 17.8 Å². The number of hydrogen-bond donors (Lipinski definition) is 6. The average Bonchev–Trinajstić information content (AvgIpc) is 3.78. The molecule has 1 amide bonds. The molecule has 0 bridgehead atoms. The molecule has 0 radical (unpaired) electrons. The average molecular weight is 1140 g/mol. The number of hydrogen-bond acceptors (Lipinski definition) is 17. The van der Waals surface area contributed by atoms with Gasteiger partial charge < -0.3 is 69.1 Å². The minimum atomic E-state index is -1.85. The standard InChI is InChI=1S/C59H86ClN3O13S2/c1-14-46-59(10,70)52(66)36(6)63(12)31-32(2)29-57(8,69)54(34(4)50(35(5)55(68)74-46)75-48-30-58(9,71-13)53(67)37(7)73-48)76-56-49(65)43(26-33(3)72-56)62(11)25-17-24-61-47(64)23-21-39-28-42-41-27-38(60)20-22-45(41)78-44-19-16-15-18-40(44)51(42)77-39/h15-16,18-23,27-28,32-37,43,46,48-50,52-54,56,65-67,69-70H,14,17,24-26,29-31H2,1-13H3,(H,61,64)/b23-21+/t32-,33-,34+,35-,36-,37-,43+,46-,48-,49-,50+,52-,53+,54-,56+,57-,58-,59-/m1/s1. The van der Waals surface area contributed by atoms with Crippen molar-refractivity contribution < 1.29 is 63.5 Å². The minimum Gasteiger partial charge on any atom is -0.459 e. The number of thiophene rings is 1. The molecule has 3 fully saturated rings. The van der Waals surface area contributed by atoms with Crippen molar-refractivity contribution in [3.63, 3.8) is 0 Å². The molecule has 2 aromatic carbocycles. The molecule has 5 heterocycles. The molecule has 4 aliphatic heterocycles. The van der Waals surface area contributed by atoms with Crippen LogP contribution < -0.4 is 5.32 Å². The Bertz CT molecular complexity index is 2550. The zero-order valence-electron chi connectivity index (χ0n) is 47.7. The van der Waals surface area contributed by atoms with E-state index in [4.69, 9.17) is 40.0 Å². The molecule has 434 valence electrons. The second-order valence-electron chi connectivity index (χ2n) is 23.3. The van der Waals surface area contributed by atoms with Crippen LogP contribution in [0.3, 0.4) is 0 Å². The summed E-state index contributed by atoms with van der Waals surface area (Å²) in [5.74, 6) is -3.05. The maximum atomic E-state index is 14.5. The van der Waals surface area contributed by atoms with E-state index in [9.17, 15) is 35.1 Å². The zero-order chi connectivity index (χ0) is 57.2. The number of methoxy groups -OCH3 is 1. The van der Waals surface area contributed by atoms with Gasteiger partial charge in [-0.2, -0.15) is 0 Å². The molecular weight excluding hydrogens is 1060 g/mol. The summed E-state index contributed by atoms with van der Waals surface area (Å²) >= 11 is 9.84. The number of rotatable bonds is 13. The third kappa shape index (κ3) is 14.1. The molecule has 0 aliphatic carbocycles. The first-order valence-corrected chi connectivity index (χ1v) is 29.6. The summed E-state index contributed by atoms with van der Waals surface area (Å²) in [6, 6.07) is 15.4. The molecule has 18 atom stereocenters. The topological polar surface area (TPSA) is 209 Å². The predicted octanol–water partition coefficient (Wildman–Crippen LogP) is 8.00. The van der Waals surface area contributed by atoms with E-state index in [1.165, 1.54) is 14.0 Å². The molecule has 78 heavy (non-hydrogen) atoms. The fourth-order valence-corrected chi connectivity index (χ4v) is 14.6. The van der Waals surface area contributed by atoms with Gasteiger partial charge in [0.2, 0.25) is 5.91 Å². The number of nitrogens with zero attached hydrogens (tertiary/aromatic N) is 2. The van der Waals surface area contributed by atoms with Gasteiger partial charge in [-0.25, -0.2) is 0 Å². The van der Waals surface area contributed by atoms with Gasteiger partial charge in [0.25, 0.3) is 0 Å². The lowest BCUT2D eigenvalue weighted by Gasteiger charge is -2.49. The van der Waals surface area contributed by atoms with E-state index in [1.807, 2.05) is 75.0 Å². The van der Waals surface area contributed by atoms with E-state index in [-0.39, 0.29) is 37.2 Å². The molecule has 6 N–H and O–H groups in total. The number of carbonyl (C=O) groups is 2. The molecule has 19 heteroatoms. The van der Waals surface area contributed by atoms with E-state index >= 15 is 0 Å². The monoisotopic (exact) mass is 1140 g/mol. The third-order valence-corrected chi connectivity index (χ3v) is 19.4. The number of carbonyl (C=O) groups excluding carboxylic acids is 2. The largest absolute Gasteiger partial charge is 0.459 e. The van der Waals surface area contributed by atoms with Crippen LogP contribution in [-0.4, -0.2) is 178 Å². The van der Waals surface area contributed by atoms with Crippen LogP contribution in [0, 0.1) is 17.8 Å². The van der Waals surface area contributed by atoms with Crippen molar-refractivity contribution in [2.75, 3.05) is 40.8 Å². The minimum absolute atomic E-state index is 0.0934. The zero-order valence-corrected chi connectivity index (χ0v) is 50.1. The molecule has 0 saturated carbocycles. The van der Waals surface area contributed by atoms with Gasteiger partial charge in [-0.05, 0) is 143 Å². The molecule has 3 aromatic rings. The van der Waals surface area contributed by atoms with Crippen molar-refractivity contribution in [1.82, 2.24) is 15.1 Å². The van der Waals surface area contributed by atoms with Gasteiger partial charge in [0, 0.05) is 86.4 Å². The number of aliphatic hydroxyl groups is 5. The van der Waals surface area contributed by atoms with Crippen LogP contribution in [0.15, 0.2) is 64.4 Å². The van der Waals surface area contributed by atoms with E-state index in [1.54, 1.807) is 70.7 Å². The molecule has 7 rings (SSSR count). The number of nitrogens with one attached hydrogen (secondary N) is 1. The molecular formula is C59H86ClN3O13S2. The van der Waals surface area contributed by atoms with Gasteiger partial charge in [0.15, 0.2) is 12.6 Å². The summed E-state index contributed by atoms with van der Waals surface area (Å²) in [6.45, 7) is 18.8. The van der Waals surface area contributed by atoms with E-state index in [0.29, 0.717) is 37.5 Å². The Hall–Kier alpha value is -3.02. The van der Waals surface area contributed by atoms with Crippen LogP contribution in [-0.2, 0) is 38.0 Å². The van der Waals surface area contributed by atoms with Crippen molar-refractivity contribution >= 4 is 52.7 Å². The molecule has 4 aliphatic rings. The van der Waals surface area contributed by atoms with Crippen molar-refractivity contribution in [3.8, 4) is 21.6 Å². The number of halogens is 1. The second kappa shape index (κ2) is 26.1. The summed E-state index contributed by atoms with van der Waals surface area (Å²) in [6.07, 6.45) is -5.24. The maximum absolute atomic E-state index is 14.5. The summed E-state index contributed by atoms with van der Waals surface area (Å²) in [5, 5.41) is 63.5. The lowest BCUT2D eigenvalue weighted by atomic mass is 9.77. The molecule has 3 saturated heterocycles. The Morgan fingerprint density at radius 1 is 0.949 bits per heavy atom. The summed E-state index contributed by atoms with van der Waals surface area (Å²) in [7, 11) is 5.26. The summed E-state index contributed by atoms with van der Waals surface area (Å²) in [4.78, 5) is 36.1. The van der Waals surface area contributed by atoms with Gasteiger partial charge in [-0.15, -0.1) is 11.3 Å². The number of aliphatic hydroxyl groups excluding tert-OH is 3. The van der Waals surface area contributed by atoms with Gasteiger partial charge in [0.05, 0.1) is 41.5 Å². The van der Waals surface area contributed by atoms with Crippen LogP contribution >= 0.6 is 34.7 Å². The number of esters is 1. The first-order valence-electron chi connectivity index (χ1n) is 27.6. The van der Waals surface area contributed by atoms with Crippen molar-refractivity contribution in [3.05, 3.63) is 64.5 Å². The predicted molar refractivity (Wildman–Crippen MR) is 304 cm³/mol. The highest BCUT2D eigenvalue weighted by molar-refractivity contribution is 7.99. The SMILES string of the molecule is CC[C@H]1OC(=O)[C@H](C)[C@@H](O[C@@H]2C[C@@](C)(OC)[C@@H](O)[C@@H](C)O2)[C@H](C)[C@@H](O[C@@H]2O[C@H](C)C[C@H](N(C)CCCNC(=O)/C=C/c3cc4c(s3)-c3ccccc3Sc3ccc(Cl)cc3-4)[C@H]2O)[C@](C)(O)C[C@@H](C)CN(C)[C@H](C)[C@@H](O)[C@]1(C)O. The van der Waals surface area contributed by atoms with Crippen LogP contribution in [0.1, 0.15) is 106 Å². The third-order valence-electron chi connectivity index (χ3n) is 16.8. The number of benzene rings is 2. The lowest BCUT2D eigenvalue weighted by molar-refractivity contribution is -0.318. The van der Waals surface area contributed by atoms with E-state index in [0.717, 1.165) is 36.2 Å². The highest BCUT2D eigenvalue weighted by Crippen LogP contribution is 2.52. The first kappa shape index (κ1) is 62.6. The normalized spacial score (nSPS) is 37.4. The Balaban J connectivity index is 1.08. The fraction of sp³-hybridized carbons (Fsp3) is 0.661. The maximum Gasteiger partial charge on any atom is 0.311 e. The van der Waals surface area contributed by atoms with Gasteiger partial charge in [0.1, 0.15) is 30.0 Å². The Labute approximate surface area is 475 Å². The first-order chi connectivity index (χ1) is 36.7. The van der Waals surface area contributed by atoms with E-state index < -0.39 is 102 Å². The molecule has 16 nitrogen and oxygen atoms in total. The lowest BCUT2D eigenvalue weighted by Crippen LogP contribution is -2.61. The van der Waals surface area contributed by atoms with Crippen LogP contribution in [0.2, 0.25) is 5.02 Å². The Morgan fingerprint density at radius 2 is 1.65 bits per heavy atom. The number of likely N-dealkylation sites (N-methyl/N-ethyl adjacent to an activating group) is 2. The number of ether oxygens (including phenoxy) is 6. The van der Waals surface area contributed by atoms with Crippen LogP contribution in [0.25, 0.3) is 27.6 Å². The van der Waals surface area contributed by atoms with Crippen LogP contribution in [0.5, 0.6) is 0 Å². The number of amides is 1. The smallest absolute Gasteiger partial charge is 0.311 e. The summed E-state index contributed by atoms with van der Waals surface area (Å²) < 4.78 is 38.4. The van der Waals surface area contributed by atoms with E-state index in [2.05, 4.69) is 29.6 Å². The van der Waals surface area contributed by atoms with Crippen molar-refractivity contribution in [2.45, 2.75) is 201 Å². The number of cyclic esters (lactones) is 1. The fourth-order valence-electron chi connectivity index (χ4n) is 12.1. The quantitative estimate of drug-likeness (QED) is 0.0426. The number of fused-ring (bicyclic) bond motifs is 5. The highest BCUT2D eigenvalue weighted by Gasteiger charge is 2.53. The summed E-state index contributed by atoms with van der Waals surface area (Å²) in [5.41, 5.74) is -1.28. The van der Waals surface area contributed by atoms with Crippen molar-refractivity contribution in [1.29, 1.82) is 0 Å². The van der Waals surface area contributed by atoms with Crippen LogP contribution in [0.4, 0.5) is 0 Å². The molecule has 0 spiro atoms. The Kier molecular flexibility index (Phi) is 20.9. The van der Waals surface area contributed by atoms with Gasteiger partial charge in [-0.3, -0.25) is 9.59 Å². The second-order valence-corrected chi connectivity index (χ2v) is 25.9.